The molecule has 1 N–H and O–H groups in total. The Balaban J connectivity index is 1.77. The number of anilines is 1. The van der Waals surface area contributed by atoms with Gasteiger partial charge in [0, 0.05) is 23.1 Å². The van der Waals surface area contributed by atoms with Crippen LogP contribution in [0.5, 0.6) is 0 Å². The van der Waals surface area contributed by atoms with Crippen molar-refractivity contribution in [2.24, 2.45) is 0 Å². The van der Waals surface area contributed by atoms with Gasteiger partial charge in [-0.15, -0.1) is 0 Å². The van der Waals surface area contributed by atoms with Gasteiger partial charge in [0.2, 0.25) is 11.8 Å². The number of nitrogens with one attached hydrogen (secondary N) is 1. The van der Waals surface area contributed by atoms with Gasteiger partial charge in [-0.2, -0.15) is 0 Å². The largest absolute Gasteiger partial charge is 0.354 e. The van der Waals surface area contributed by atoms with Crippen molar-refractivity contribution in [1.82, 2.24) is 10.2 Å². The van der Waals surface area contributed by atoms with Crippen molar-refractivity contribution in [3.05, 3.63) is 130 Å². The molecule has 0 fully saturated rings. The highest BCUT2D eigenvalue weighted by molar-refractivity contribution is 14.1. The maximum Gasteiger partial charge on any atom is 0.264 e. The van der Waals surface area contributed by atoms with E-state index in [2.05, 4.69) is 27.9 Å². The van der Waals surface area contributed by atoms with Crippen LogP contribution in [-0.4, -0.2) is 44.3 Å². The highest BCUT2D eigenvalue weighted by Gasteiger charge is 2.34. The molecule has 0 saturated heterocycles. The first kappa shape index (κ1) is 33.1. The average Bonchev–Trinajstić information content (AvgIpc) is 3.03. The summed E-state index contributed by atoms with van der Waals surface area (Å²) in [5.41, 5.74) is 1.76. The van der Waals surface area contributed by atoms with Crippen molar-refractivity contribution < 1.29 is 22.4 Å². The van der Waals surface area contributed by atoms with Crippen molar-refractivity contribution >= 4 is 50.1 Å². The molecule has 7 nitrogen and oxygen atoms in total. The van der Waals surface area contributed by atoms with Gasteiger partial charge < -0.3 is 10.2 Å². The Morgan fingerprint density at radius 1 is 0.841 bits per heavy atom. The third kappa shape index (κ3) is 8.88. The Hall–Kier alpha value is -3.77. The maximum atomic E-state index is 14.4. The third-order valence-corrected chi connectivity index (χ3v) is 9.60. The lowest BCUT2D eigenvalue weighted by Crippen LogP contribution is -2.53. The van der Waals surface area contributed by atoms with Gasteiger partial charge in [-0.3, -0.25) is 13.9 Å². The normalized spacial score (nSPS) is 11.9. The molecule has 0 spiro atoms. The van der Waals surface area contributed by atoms with E-state index in [1.807, 2.05) is 37.3 Å². The summed E-state index contributed by atoms with van der Waals surface area (Å²) in [6, 6.07) is 28.9. The number of unbranched alkanes of at least 4 members (excludes halogenated alkanes) is 1. The number of nitrogens with zero attached hydrogens (tertiary/aromatic N) is 2. The van der Waals surface area contributed by atoms with Crippen LogP contribution in [0.25, 0.3) is 0 Å². The molecule has 0 aliphatic carbocycles. The summed E-state index contributed by atoms with van der Waals surface area (Å²) in [4.78, 5) is 29.5. The van der Waals surface area contributed by atoms with E-state index < -0.39 is 34.3 Å². The van der Waals surface area contributed by atoms with Crippen LogP contribution >= 0.6 is 22.6 Å². The number of hydrogen-bond acceptors (Lipinski definition) is 4. The molecule has 0 unspecified atom stereocenters. The van der Waals surface area contributed by atoms with Gasteiger partial charge in [0.1, 0.15) is 18.4 Å². The standard InChI is InChI=1S/C34H35FIN3O4S/c1-2-3-22-37-34(41)32(23-26-10-6-4-7-11-26)38(24-27-14-16-28(35)17-15-27)33(40)25-39(30-20-18-29(36)19-21-30)44(42,43)31-12-8-5-9-13-31/h4-21,32H,2-3,22-25H2,1H3,(H,37,41)/t32-/m1/s1. The van der Waals surface area contributed by atoms with Gasteiger partial charge in [0.05, 0.1) is 10.6 Å². The van der Waals surface area contributed by atoms with Crippen LogP contribution in [0.3, 0.4) is 0 Å². The van der Waals surface area contributed by atoms with Gasteiger partial charge in [0.25, 0.3) is 10.0 Å². The highest BCUT2D eigenvalue weighted by atomic mass is 127. The molecule has 4 aromatic carbocycles. The van der Waals surface area contributed by atoms with Crippen LogP contribution in [0.1, 0.15) is 30.9 Å². The van der Waals surface area contributed by atoms with Crippen LogP contribution < -0.4 is 9.62 Å². The van der Waals surface area contributed by atoms with Gasteiger partial charge in [0.15, 0.2) is 0 Å². The molecule has 1 atom stereocenters. The maximum absolute atomic E-state index is 14.4. The Labute approximate surface area is 272 Å². The first-order valence-corrected chi connectivity index (χ1v) is 16.9. The Morgan fingerprint density at radius 3 is 2.07 bits per heavy atom. The zero-order valence-electron chi connectivity index (χ0n) is 24.4. The zero-order valence-corrected chi connectivity index (χ0v) is 27.4. The van der Waals surface area contributed by atoms with Gasteiger partial charge in [-0.05, 0) is 88.7 Å². The first-order chi connectivity index (χ1) is 21.2. The Bertz CT molecular complexity index is 1620. The summed E-state index contributed by atoms with van der Waals surface area (Å²) in [7, 11) is -4.16. The second-order valence-corrected chi connectivity index (χ2v) is 13.4. The van der Waals surface area contributed by atoms with E-state index in [1.54, 1.807) is 54.6 Å². The predicted molar refractivity (Wildman–Crippen MR) is 179 cm³/mol. The minimum Gasteiger partial charge on any atom is -0.354 e. The topological polar surface area (TPSA) is 86.8 Å². The lowest BCUT2D eigenvalue weighted by molar-refractivity contribution is -0.140. The SMILES string of the molecule is CCCCNC(=O)[C@@H](Cc1ccccc1)N(Cc1ccc(F)cc1)C(=O)CN(c1ccc(I)cc1)S(=O)(=O)c1ccccc1. The molecule has 0 radical (unpaired) electrons. The highest BCUT2D eigenvalue weighted by Crippen LogP contribution is 2.26. The van der Waals surface area contributed by atoms with Gasteiger partial charge >= 0.3 is 0 Å². The molecule has 0 heterocycles. The number of hydrogen-bond donors (Lipinski definition) is 1. The molecule has 4 aromatic rings. The van der Waals surface area contributed by atoms with E-state index in [-0.39, 0.29) is 23.8 Å². The number of carbonyl (C=O) groups is 2. The molecular weight excluding hydrogens is 692 g/mol. The van der Waals surface area contributed by atoms with Crippen LogP contribution in [0.4, 0.5) is 10.1 Å². The first-order valence-electron chi connectivity index (χ1n) is 14.4. The minimum atomic E-state index is -4.16. The Morgan fingerprint density at radius 2 is 1.45 bits per heavy atom. The molecule has 44 heavy (non-hydrogen) atoms. The molecule has 2 amide bonds. The Kier molecular flexibility index (Phi) is 11.9. The number of rotatable bonds is 14. The summed E-state index contributed by atoms with van der Waals surface area (Å²) in [6.45, 7) is 1.89. The van der Waals surface area contributed by atoms with Crippen molar-refractivity contribution in [1.29, 1.82) is 0 Å². The van der Waals surface area contributed by atoms with E-state index in [9.17, 15) is 22.4 Å². The molecule has 0 aliphatic heterocycles. The molecule has 4 rings (SSSR count). The van der Waals surface area contributed by atoms with Crippen LogP contribution in [-0.2, 0) is 32.6 Å². The van der Waals surface area contributed by atoms with E-state index in [0.29, 0.717) is 17.8 Å². The molecule has 0 saturated carbocycles. The minimum absolute atomic E-state index is 0.0241. The summed E-state index contributed by atoms with van der Waals surface area (Å²) in [6.07, 6.45) is 1.86. The molecule has 10 heteroatoms. The van der Waals surface area contributed by atoms with Crippen molar-refractivity contribution in [3.63, 3.8) is 0 Å². The quantitative estimate of drug-likeness (QED) is 0.124. The molecule has 230 valence electrons. The monoisotopic (exact) mass is 727 g/mol. The summed E-state index contributed by atoms with van der Waals surface area (Å²) in [5.74, 6) is -1.34. The fraction of sp³-hybridized carbons (Fsp3) is 0.235. The molecule has 0 aromatic heterocycles. The molecule has 0 bridgehead atoms. The second kappa shape index (κ2) is 15.8. The number of halogens is 2. The van der Waals surface area contributed by atoms with Crippen molar-refractivity contribution in [2.75, 3.05) is 17.4 Å². The van der Waals surface area contributed by atoms with Crippen LogP contribution in [0.2, 0.25) is 0 Å². The average molecular weight is 728 g/mol. The predicted octanol–water partition coefficient (Wildman–Crippen LogP) is 6.18. The summed E-state index contributed by atoms with van der Waals surface area (Å²) in [5, 5.41) is 2.96. The van der Waals surface area contributed by atoms with Crippen LogP contribution in [0.15, 0.2) is 114 Å². The zero-order chi connectivity index (χ0) is 31.5. The second-order valence-electron chi connectivity index (χ2n) is 10.3. The van der Waals surface area contributed by atoms with Crippen LogP contribution in [0, 0.1) is 9.39 Å². The lowest BCUT2D eigenvalue weighted by atomic mass is 10.0. The molecule has 0 aliphatic rings. The fourth-order valence-corrected chi connectivity index (χ4v) is 6.50. The summed E-state index contributed by atoms with van der Waals surface area (Å²) < 4.78 is 43.7. The van der Waals surface area contributed by atoms with E-state index in [1.165, 1.54) is 29.2 Å². The van der Waals surface area contributed by atoms with Gasteiger partial charge in [-0.1, -0.05) is 74.0 Å². The smallest absolute Gasteiger partial charge is 0.264 e. The number of benzene rings is 4. The summed E-state index contributed by atoms with van der Waals surface area (Å²) >= 11 is 2.13. The number of carbonyl (C=O) groups excluding carboxylic acids is 2. The van der Waals surface area contributed by atoms with Crippen molar-refractivity contribution in [3.8, 4) is 0 Å². The van der Waals surface area contributed by atoms with E-state index in [4.69, 9.17) is 0 Å². The van der Waals surface area contributed by atoms with E-state index in [0.717, 1.165) is 26.3 Å². The van der Waals surface area contributed by atoms with E-state index >= 15 is 0 Å². The third-order valence-electron chi connectivity index (χ3n) is 7.09. The number of sulfonamides is 1. The van der Waals surface area contributed by atoms with Gasteiger partial charge in [-0.25, -0.2) is 12.8 Å². The lowest BCUT2D eigenvalue weighted by Gasteiger charge is -2.34. The van der Waals surface area contributed by atoms with Crippen molar-refractivity contribution in [2.45, 2.75) is 43.7 Å². The molecular formula is C34H35FIN3O4S. The number of amides is 2. The fourth-order valence-electron chi connectivity index (χ4n) is 4.70.